The first-order chi connectivity index (χ1) is 6.34. The number of thiophene rings is 1. The Morgan fingerprint density at radius 3 is 3.23 bits per heavy atom. The van der Waals surface area contributed by atoms with Gasteiger partial charge in [0, 0.05) is 4.88 Å². The third kappa shape index (κ3) is 2.06. The highest BCUT2D eigenvalue weighted by Crippen LogP contribution is 2.10. The molecule has 0 bridgehead atoms. The van der Waals surface area contributed by atoms with Gasteiger partial charge in [-0.05, 0) is 11.4 Å². The van der Waals surface area contributed by atoms with Gasteiger partial charge in [-0.15, -0.1) is 16.4 Å². The molecule has 0 unspecified atom stereocenters. The van der Waals surface area contributed by atoms with Gasteiger partial charge in [0.25, 0.3) is 5.91 Å². The minimum absolute atomic E-state index is 0.0736. The summed E-state index contributed by atoms with van der Waals surface area (Å²) in [5.74, 6) is 0.372. The highest BCUT2D eigenvalue weighted by Gasteiger charge is 2.12. The second-order valence-corrected chi connectivity index (χ2v) is 3.62. The molecular formula is C8H8N2O2S. The van der Waals surface area contributed by atoms with E-state index < -0.39 is 0 Å². The van der Waals surface area contributed by atoms with Crippen LogP contribution in [0.25, 0.3) is 0 Å². The minimum Gasteiger partial charge on any atom is -0.469 e. The molecule has 2 rings (SSSR count). The van der Waals surface area contributed by atoms with Gasteiger partial charge in [0.05, 0.1) is 6.42 Å². The van der Waals surface area contributed by atoms with Gasteiger partial charge >= 0.3 is 0 Å². The number of nitrogens with one attached hydrogen (secondary N) is 1. The second kappa shape index (κ2) is 3.57. The molecule has 0 saturated carbocycles. The fourth-order valence-electron chi connectivity index (χ4n) is 0.991. The number of ether oxygens (including phenoxy) is 1. The summed E-state index contributed by atoms with van der Waals surface area (Å²) in [6.45, 7) is 0.0736. The molecular weight excluding hydrogens is 188 g/mol. The van der Waals surface area contributed by atoms with Gasteiger partial charge in [-0.2, -0.15) is 0 Å². The van der Waals surface area contributed by atoms with Crippen molar-refractivity contribution in [3.8, 4) is 0 Å². The average molecular weight is 196 g/mol. The topological polar surface area (TPSA) is 50.7 Å². The molecule has 1 amide bonds. The van der Waals surface area contributed by atoms with E-state index in [9.17, 15) is 4.79 Å². The van der Waals surface area contributed by atoms with E-state index in [2.05, 4.69) is 10.5 Å². The predicted octanol–water partition coefficient (Wildman–Crippen LogP) is 0.751. The summed E-state index contributed by atoms with van der Waals surface area (Å²) >= 11 is 1.64. The van der Waals surface area contributed by atoms with Crippen LogP contribution < -0.4 is 5.43 Å². The monoisotopic (exact) mass is 196 g/mol. The van der Waals surface area contributed by atoms with Crippen LogP contribution in [0.3, 0.4) is 0 Å². The fourth-order valence-corrected chi connectivity index (χ4v) is 1.69. The first-order valence-electron chi connectivity index (χ1n) is 3.85. The van der Waals surface area contributed by atoms with Crippen molar-refractivity contribution in [1.82, 2.24) is 5.43 Å². The van der Waals surface area contributed by atoms with Gasteiger partial charge in [-0.1, -0.05) is 6.07 Å². The van der Waals surface area contributed by atoms with E-state index in [1.165, 1.54) is 4.88 Å². The highest BCUT2D eigenvalue weighted by molar-refractivity contribution is 7.10. The molecule has 0 saturated heterocycles. The van der Waals surface area contributed by atoms with E-state index in [1.54, 1.807) is 11.3 Å². The van der Waals surface area contributed by atoms with E-state index in [0.717, 1.165) is 0 Å². The standard InChI is InChI=1S/C8H8N2O2S/c11-7-5-12-8(10-9-7)4-6-2-1-3-13-6/h1-3H,4-5H2,(H,9,11). The van der Waals surface area contributed by atoms with Crippen molar-refractivity contribution in [2.24, 2.45) is 5.10 Å². The van der Waals surface area contributed by atoms with Crippen molar-refractivity contribution in [3.63, 3.8) is 0 Å². The molecule has 2 heterocycles. The molecule has 0 aliphatic carbocycles. The largest absolute Gasteiger partial charge is 0.469 e. The summed E-state index contributed by atoms with van der Waals surface area (Å²) in [6.07, 6.45) is 0.651. The van der Waals surface area contributed by atoms with Crippen LogP contribution in [-0.4, -0.2) is 18.4 Å². The van der Waals surface area contributed by atoms with Gasteiger partial charge in [-0.25, -0.2) is 5.43 Å². The van der Waals surface area contributed by atoms with Crippen LogP contribution in [0.5, 0.6) is 0 Å². The lowest BCUT2D eigenvalue weighted by Crippen LogP contribution is -2.32. The van der Waals surface area contributed by atoms with Crippen LogP contribution >= 0.6 is 11.3 Å². The van der Waals surface area contributed by atoms with E-state index in [-0.39, 0.29) is 12.5 Å². The third-order valence-corrected chi connectivity index (χ3v) is 2.46. The predicted molar refractivity (Wildman–Crippen MR) is 49.6 cm³/mol. The fraction of sp³-hybridized carbons (Fsp3) is 0.250. The van der Waals surface area contributed by atoms with Crippen molar-refractivity contribution in [2.45, 2.75) is 6.42 Å². The van der Waals surface area contributed by atoms with Crippen molar-refractivity contribution in [2.75, 3.05) is 6.61 Å². The molecule has 1 aliphatic rings. The Morgan fingerprint density at radius 2 is 2.62 bits per heavy atom. The average Bonchev–Trinajstić information content (AvgIpc) is 2.62. The maximum Gasteiger partial charge on any atom is 0.278 e. The van der Waals surface area contributed by atoms with Crippen LogP contribution in [-0.2, 0) is 16.0 Å². The molecule has 0 aromatic carbocycles. The van der Waals surface area contributed by atoms with Crippen molar-refractivity contribution in [1.29, 1.82) is 0 Å². The van der Waals surface area contributed by atoms with Gasteiger partial charge in [0.15, 0.2) is 6.61 Å². The molecule has 4 nitrogen and oxygen atoms in total. The molecule has 0 atom stereocenters. The Labute approximate surface area is 79.2 Å². The van der Waals surface area contributed by atoms with Crippen molar-refractivity contribution in [3.05, 3.63) is 22.4 Å². The molecule has 13 heavy (non-hydrogen) atoms. The molecule has 68 valence electrons. The SMILES string of the molecule is O=C1COC(Cc2cccs2)=NN1. The van der Waals surface area contributed by atoms with Gasteiger partial charge < -0.3 is 4.74 Å². The number of amides is 1. The van der Waals surface area contributed by atoms with Crippen LogP contribution in [0.1, 0.15) is 4.88 Å². The molecule has 1 aromatic rings. The van der Waals surface area contributed by atoms with Gasteiger partial charge in [-0.3, -0.25) is 4.79 Å². The zero-order valence-electron chi connectivity index (χ0n) is 6.82. The van der Waals surface area contributed by atoms with Crippen LogP contribution in [0.4, 0.5) is 0 Å². The first kappa shape index (κ1) is 8.25. The number of hydrazone groups is 1. The van der Waals surface area contributed by atoms with Crippen LogP contribution in [0, 0.1) is 0 Å². The maximum absolute atomic E-state index is 10.7. The summed E-state index contributed by atoms with van der Waals surface area (Å²) in [6, 6.07) is 3.98. The molecule has 0 radical (unpaired) electrons. The van der Waals surface area contributed by atoms with Crippen LogP contribution in [0.15, 0.2) is 22.6 Å². The Morgan fingerprint density at radius 1 is 1.69 bits per heavy atom. The summed E-state index contributed by atoms with van der Waals surface area (Å²) in [5.41, 5.74) is 2.37. The number of rotatable bonds is 2. The van der Waals surface area contributed by atoms with E-state index >= 15 is 0 Å². The number of nitrogens with zero attached hydrogens (tertiary/aromatic N) is 1. The third-order valence-electron chi connectivity index (χ3n) is 1.58. The molecule has 1 aromatic heterocycles. The number of hydrogen-bond acceptors (Lipinski definition) is 4. The summed E-state index contributed by atoms with van der Waals surface area (Å²) in [5, 5.41) is 5.78. The number of carbonyl (C=O) groups is 1. The lowest BCUT2D eigenvalue weighted by atomic mass is 10.3. The van der Waals surface area contributed by atoms with E-state index in [4.69, 9.17) is 4.74 Å². The van der Waals surface area contributed by atoms with Crippen molar-refractivity contribution < 1.29 is 9.53 Å². The molecule has 1 aliphatic heterocycles. The zero-order valence-corrected chi connectivity index (χ0v) is 7.63. The zero-order chi connectivity index (χ0) is 9.10. The Balaban J connectivity index is 2.00. The smallest absolute Gasteiger partial charge is 0.278 e. The second-order valence-electron chi connectivity index (χ2n) is 2.59. The number of hydrogen-bond donors (Lipinski definition) is 1. The Hall–Kier alpha value is -1.36. The summed E-state index contributed by atoms with van der Waals surface area (Å²) < 4.78 is 5.11. The van der Waals surface area contributed by atoms with Crippen molar-refractivity contribution >= 4 is 23.1 Å². The van der Waals surface area contributed by atoms with Gasteiger partial charge in [0.1, 0.15) is 0 Å². The lowest BCUT2D eigenvalue weighted by molar-refractivity contribution is -0.124. The van der Waals surface area contributed by atoms with E-state index in [0.29, 0.717) is 12.3 Å². The first-order valence-corrected chi connectivity index (χ1v) is 4.73. The van der Waals surface area contributed by atoms with E-state index in [1.807, 2.05) is 17.5 Å². The van der Waals surface area contributed by atoms with Gasteiger partial charge in [0.2, 0.25) is 5.90 Å². The lowest BCUT2D eigenvalue weighted by Gasteiger charge is -2.12. The quantitative estimate of drug-likeness (QED) is 0.758. The molecule has 0 spiro atoms. The molecule has 0 fully saturated rings. The van der Waals surface area contributed by atoms with Crippen LogP contribution in [0.2, 0.25) is 0 Å². The summed E-state index contributed by atoms with van der Waals surface area (Å²) in [4.78, 5) is 11.8. The Kier molecular flexibility index (Phi) is 2.27. The molecule has 5 heteroatoms. The number of carbonyl (C=O) groups excluding carboxylic acids is 1. The molecule has 1 N–H and O–H groups in total. The maximum atomic E-state index is 10.7. The summed E-state index contributed by atoms with van der Waals surface area (Å²) in [7, 11) is 0. The Bertz CT molecular complexity index is 332. The highest BCUT2D eigenvalue weighted by atomic mass is 32.1. The normalized spacial score (nSPS) is 16.0. The minimum atomic E-state index is -0.199.